The first kappa shape index (κ1) is 14.4. The van der Waals surface area contributed by atoms with E-state index in [4.69, 9.17) is 9.47 Å². The quantitative estimate of drug-likeness (QED) is 0.878. The average molecular weight is 272 g/mol. The fraction of sp³-hybridized carbons (Fsp3) is 0.294. The summed E-state index contributed by atoms with van der Waals surface area (Å²) in [6.45, 7) is 4.28. The Kier molecular flexibility index (Phi) is 5.02. The third kappa shape index (κ3) is 4.28. The lowest BCUT2D eigenvalue weighted by Crippen LogP contribution is -2.28. The second-order valence-corrected chi connectivity index (χ2v) is 4.86. The van der Waals surface area contributed by atoms with Crippen LogP contribution in [0.1, 0.15) is 11.1 Å². The molecule has 0 bridgehead atoms. The van der Waals surface area contributed by atoms with Gasteiger partial charge < -0.3 is 14.6 Å². The first-order chi connectivity index (χ1) is 9.67. The van der Waals surface area contributed by atoms with Gasteiger partial charge in [-0.2, -0.15) is 0 Å². The molecule has 1 N–H and O–H groups in total. The van der Waals surface area contributed by atoms with E-state index in [-0.39, 0.29) is 12.7 Å². The van der Waals surface area contributed by atoms with Crippen molar-refractivity contribution in [2.24, 2.45) is 0 Å². The molecule has 1 atom stereocenters. The average Bonchev–Trinajstić information content (AvgIpc) is 2.47. The molecule has 0 aliphatic heterocycles. The zero-order chi connectivity index (χ0) is 14.4. The van der Waals surface area contributed by atoms with E-state index in [0.29, 0.717) is 6.61 Å². The van der Waals surface area contributed by atoms with Crippen molar-refractivity contribution in [1.29, 1.82) is 0 Å². The second-order valence-electron chi connectivity index (χ2n) is 4.86. The molecule has 0 heterocycles. The van der Waals surface area contributed by atoms with Gasteiger partial charge in [-0.15, -0.1) is 0 Å². The van der Waals surface area contributed by atoms with Crippen LogP contribution in [-0.2, 0) is 0 Å². The molecular weight excluding hydrogens is 252 g/mol. The molecule has 0 aromatic heterocycles. The van der Waals surface area contributed by atoms with Crippen LogP contribution in [0.15, 0.2) is 48.5 Å². The maximum Gasteiger partial charge on any atom is 0.155 e. The van der Waals surface area contributed by atoms with Crippen molar-refractivity contribution in [2.45, 2.75) is 20.0 Å². The van der Waals surface area contributed by atoms with Crippen molar-refractivity contribution in [3.05, 3.63) is 59.7 Å². The third-order valence-electron chi connectivity index (χ3n) is 2.98. The van der Waals surface area contributed by atoms with Gasteiger partial charge in [0.2, 0.25) is 0 Å². The number of hydrogen-bond acceptors (Lipinski definition) is 3. The van der Waals surface area contributed by atoms with Crippen molar-refractivity contribution in [2.75, 3.05) is 13.2 Å². The monoisotopic (exact) mass is 272 g/mol. The van der Waals surface area contributed by atoms with Gasteiger partial charge in [-0.3, -0.25) is 0 Å². The highest BCUT2D eigenvalue weighted by molar-refractivity contribution is 5.27. The Morgan fingerprint density at radius 2 is 1.35 bits per heavy atom. The molecule has 20 heavy (non-hydrogen) atoms. The molecular formula is C17H20O3. The fourth-order valence-electron chi connectivity index (χ4n) is 1.76. The zero-order valence-corrected chi connectivity index (χ0v) is 11.9. The van der Waals surface area contributed by atoms with E-state index in [1.807, 2.05) is 62.4 Å². The Morgan fingerprint density at radius 3 is 1.85 bits per heavy atom. The normalized spacial score (nSPS) is 11.9. The number of benzene rings is 2. The van der Waals surface area contributed by atoms with Crippen LogP contribution in [0.2, 0.25) is 0 Å². The molecule has 2 rings (SSSR count). The summed E-state index contributed by atoms with van der Waals surface area (Å²) in [4.78, 5) is 0. The van der Waals surface area contributed by atoms with Crippen LogP contribution in [0.5, 0.6) is 11.5 Å². The summed E-state index contributed by atoms with van der Waals surface area (Å²) in [5.74, 6) is 1.52. The highest BCUT2D eigenvalue weighted by Crippen LogP contribution is 2.15. The topological polar surface area (TPSA) is 38.7 Å². The summed E-state index contributed by atoms with van der Waals surface area (Å²) in [7, 11) is 0. The van der Waals surface area contributed by atoms with Crippen molar-refractivity contribution in [3.63, 3.8) is 0 Å². The number of ether oxygens (including phenoxy) is 2. The van der Waals surface area contributed by atoms with Crippen molar-refractivity contribution in [1.82, 2.24) is 0 Å². The van der Waals surface area contributed by atoms with Gasteiger partial charge in [-0.25, -0.2) is 0 Å². The van der Waals surface area contributed by atoms with E-state index in [0.717, 1.165) is 11.5 Å². The lowest BCUT2D eigenvalue weighted by molar-refractivity contribution is 0.0718. The van der Waals surface area contributed by atoms with E-state index in [1.165, 1.54) is 11.1 Å². The van der Waals surface area contributed by atoms with Gasteiger partial charge in [0, 0.05) is 0 Å². The minimum Gasteiger partial charge on any atom is -0.490 e. The zero-order valence-electron chi connectivity index (χ0n) is 11.9. The molecule has 0 radical (unpaired) electrons. The molecule has 0 fully saturated rings. The van der Waals surface area contributed by atoms with Gasteiger partial charge in [0.1, 0.15) is 18.1 Å². The standard InChI is InChI=1S/C17H20O3/c1-13-3-7-15(8-4-13)19-12-17(11-18)20-16-9-5-14(2)6-10-16/h3-10,17-18H,11-12H2,1-2H3. The minimum absolute atomic E-state index is 0.0836. The maximum absolute atomic E-state index is 9.36. The number of aryl methyl sites for hydroxylation is 2. The van der Waals surface area contributed by atoms with Gasteiger partial charge in [-0.1, -0.05) is 35.4 Å². The Balaban J connectivity index is 1.88. The van der Waals surface area contributed by atoms with E-state index >= 15 is 0 Å². The van der Waals surface area contributed by atoms with Crippen LogP contribution in [0, 0.1) is 13.8 Å². The highest BCUT2D eigenvalue weighted by Gasteiger charge is 2.10. The van der Waals surface area contributed by atoms with Crippen LogP contribution >= 0.6 is 0 Å². The largest absolute Gasteiger partial charge is 0.490 e. The number of aliphatic hydroxyl groups is 1. The molecule has 0 aliphatic rings. The first-order valence-corrected chi connectivity index (χ1v) is 6.71. The number of aliphatic hydroxyl groups excluding tert-OH is 1. The number of hydrogen-bond donors (Lipinski definition) is 1. The molecule has 106 valence electrons. The predicted molar refractivity (Wildman–Crippen MR) is 79.4 cm³/mol. The van der Waals surface area contributed by atoms with E-state index in [1.54, 1.807) is 0 Å². The molecule has 0 spiro atoms. The molecule has 1 unspecified atom stereocenters. The van der Waals surface area contributed by atoms with Gasteiger partial charge in [0.15, 0.2) is 6.10 Å². The van der Waals surface area contributed by atoms with Crippen molar-refractivity contribution in [3.8, 4) is 11.5 Å². The number of rotatable bonds is 6. The summed E-state index contributed by atoms with van der Waals surface area (Å²) in [6, 6.07) is 15.5. The van der Waals surface area contributed by atoms with Crippen LogP contribution < -0.4 is 9.47 Å². The molecule has 3 heteroatoms. The highest BCUT2D eigenvalue weighted by atomic mass is 16.5. The van der Waals surface area contributed by atoms with Crippen LogP contribution in [0.3, 0.4) is 0 Å². The molecule has 0 saturated carbocycles. The van der Waals surface area contributed by atoms with E-state index in [2.05, 4.69) is 0 Å². The Labute approximate surface area is 119 Å². The second kappa shape index (κ2) is 6.96. The Bertz CT molecular complexity index is 517. The summed E-state index contributed by atoms with van der Waals surface area (Å²) in [6.07, 6.45) is -0.376. The lowest BCUT2D eigenvalue weighted by Gasteiger charge is -2.17. The van der Waals surface area contributed by atoms with Gasteiger partial charge >= 0.3 is 0 Å². The van der Waals surface area contributed by atoms with Crippen molar-refractivity contribution >= 4 is 0 Å². The summed E-state index contributed by atoms with van der Waals surface area (Å²) >= 11 is 0. The van der Waals surface area contributed by atoms with Gasteiger partial charge in [0.25, 0.3) is 0 Å². The SMILES string of the molecule is Cc1ccc(OCC(CO)Oc2ccc(C)cc2)cc1. The molecule has 0 aliphatic carbocycles. The minimum atomic E-state index is -0.376. The van der Waals surface area contributed by atoms with E-state index < -0.39 is 0 Å². The fourth-order valence-corrected chi connectivity index (χ4v) is 1.76. The van der Waals surface area contributed by atoms with Crippen LogP contribution in [0.25, 0.3) is 0 Å². The molecule has 2 aromatic carbocycles. The van der Waals surface area contributed by atoms with Gasteiger partial charge in [0.05, 0.1) is 6.61 Å². The predicted octanol–water partition coefficient (Wildman–Crippen LogP) is 3.12. The van der Waals surface area contributed by atoms with E-state index in [9.17, 15) is 5.11 Å². The van der Waals surface area contributed by atoms with Crippen LogP contribution in [0.4, 0.5) is 0 Å². The summed E-state index contributed by atoms with van der Waals surface area (Å²) in [5.41, 5.74) is 2.36. The Hall–Kier alpha value is -2.00. The molecule has 3 nitrogen and oxygen atoms in total. The molecule has 2 aromatic rings. The smallest absolute Gasteiger partial charge is 0.155 e. The maximum atomic E-state index is 9.36. The third-order valence-corrected chi connectivity index (χ3v) is 2.98. The van der Waals surface area contributed by atoms with Crippen molar-refractivity contribution < 1.29 is 14.6 Å². The molecule has 0 saturated heterocycles. The Morgan fingerprint density at radius 1 is 0.850 bits per heavy atom. The first-order valence-electron chi connectivity index (χ1n) is 6.71. The summed E-state index contributed by atoms with van der Waals surface area (Å²) in [5, 5.41) is 9.36. The summed E-state index contributed by atoms with van der Waals surface area (Å²) < 4.78 is 11.3. The lowest BCUT2D eigenvalue weighted by atomic mass is 10.2. The van der Waals surface area contributed by atoms with Gasteiger partial charge in [-0.05, 0) is 38.1 Å². The molecule has 0 amide bonds. The van der Waals surface area contributed by atoms with Crippen LogP contribution in [-0.4, -0.2) is 24.4 Å².